The van der Waals surface area contributed by atoms with Crippen LogP contribution in [0.3, 0.4) is 0 Å². The van der Waals surface area contributed by atoms with Crippen molar-refractivity contribution in [1.29, 1.82) is 0 Å². The largest absolute Gasteiger partial charge is 0.378 e. The molecule has 5 heteroatoms. The molecule has 0 bridgehead atoms. The summed E-state index contributed by atoms with van der Waals surface area (Å²) < 4.78 is 0. The Hall–Kier alpha value is -1.69. The molecule has 0 saturated carbocycles. The van der Waals surface area contributed by atoms with Crippen LogP contribution in [0.25, 0.3) is 10.6 Å². The van der Waals surface area contributed by atoms with Crippen LogP contribution in [0.1, 0.15) is 11.3 Å². The van der Waals surface area contributed by atoms with E-state index in [-0.39, 0.29) is 0 Å². The first-order valence-corrected chi connectivity index (χ1v) is 8.98. The van der Waals surface area contributed by atoms with Gasteiger partial charge in [0.25, 0.3) is 0 Å². The SMILES string of the molecule is CN(C)c1cccc(CNCc2csc(-c3ccsc3)n2)c1. The van der Waals surface area contributed by atoms with E-state index in [9.17, 15) is 0 Å². The quantitative estimate of drug-likeness (QED) is 0.733. The molecule has 0 aliphatic carbocycles. The van der Waals surface area contributed by atoms with Crippen LogP contribution in [0.15, 0.2) is 46.5 Å². The van der Waals surface area contributed by atoms with Crippen LogP contribution in [0.4, 0.5) is 5.69 Å². The van der Waals surface area contributed by atoms with Gasteiger partial charge in [0.1, 0.15) is 5.01 Å². The van der Waals surface area contributed by atoms with Crippen LogP contribution in [0.2, 0.25) is 0 Å². The van der Waals surface area contributed by atoms with Crippen LogP contribution < -0.4 is 10.2 Å². The second-order valence-corrected chi connectivity index (χ2v) is 6.96. The summed E-state index contributed by atoms with van der Waals surface area (Å²) in [6.45, 7) is 1.65. The number of benzene rings is 1. The van der Waals surface area contributed by atoms with Crippen molar-refractivity contribution in [3.8, 4) is 10.6 Å². The van der Waals surface area contributed by atoms with E-state index in [0.29, 0.717) is 0 Å². The van der Waals surface area contributed by atoms with Crippen molar-refractivity contribution >= 4 is 28.4 Å². The fourth-order valence-electron chi connectivity index (χ4n) is 2.19. The van der Waals surface area contributed by atoms with Gasteiger partial charge < -0.3 is 10.2 Å². The highest BCUT2D eigenvalue weighted by molar-refractivity contribution is 7.14. The molecule has 0 aliphatic rings. The van der Waals surface area contributed by atoms with Gasteiger partial charge in [-0.2, -0.15) is 11.3 Å². The average Bonchev–Trinajstić information content (AvgIpc) is 3.18. The molecule has 2 heterocycles. The van der Waals surface area contributed by atoms with Crippen molar-refractivity contribution in [3.63, 3.8) is 0 Å². The van der Waals surface area contributed by atoms with E-state index in [4.69, 9.17) is 0 Å². The Morgan fingerprint density at radius 3 is 2.82 bits per heavy atom. The van der Waals surface area contributed by atoms with Crippen LogP contribution in [-0.4, -0.2) is 19.1 Å². The summed E-state index contributed by atoms with van der Waals surface area (Å²) in [6, 6.07) is 10.7. The summed E-state index contributed by atoms with van der Waals surface area (Å²) >= 11 is 3.42. The number of thiophene rings is 1. The normalized spacial score (nSPS) is 10.8. The van der Waals surface area contributed by atoms with Crippen LogP contribution in [-0.2, 0) is 13.1 Å². The lowest BCUT2D eigenvalue weighted by atomic mass is 10.2. The van der Waals surface area contributed by atoms with E-state index >= 15 is 0 Å². The molecule has 0 amide bonds. The number of nitrogens with zero attached hydrogens (tertiary/aromatic N) is 2. The first kappa shape index (κ1) is 15.2. The summed E-state index contributed by atoms with van der Waals surface area (Å²) in [4.78, 5) is 6.81. The Morgan fingerprint density at radius 1 is 1.14 bits per heavy atom. The van der Waals surface area contributed by atoms with Gasteiger partial charge in [0.05, 0.1) is 5.69 Å². The molecule has 3 rings (SSSR count). The first-order valence-electron chi connectivity index (χ1n) is 7.16. The van der Waals surface area contributed by atoms with Crippen molar-refractivity contribution in [2.45, 2.75) is 13.1 Å². The second-order valence-electron chi connectivity index (χ2n) is 5.32. The van der Waals surface area contributed by atoms with Crippen molar-refractivity contribution in [2.24, 2.45) is 0 Å². The Bertz CT molecular complexity index is 717. The summed E-state index contributed by atoms with van der Waals surface area (Å²) in [5, 5.41) is 10.9. The highest BCUT2D eigenvalue weighted by Crippen LogP contribution is 2.25. The molecule has 0 unspecified atom stereocenters. The van der Waals surface area contributed by atoms with Gasteiger partial charge in [-0.05, 0) is 29.1 Å². The van der Waals surface area contributed by atoms with Gasteiger partial charge >= 0.3 is 0 Å². The van der Waals surface area contributed by atoms with Gasteiger partial charge in [0.2, 0.25) is 0 Å². The minimum absolute atomic E-state index is 0.798. The van der Waals surface area contributed by atoms with Crippen LogP contribution in [0.5, 0.6) is 0 Å². The lowest BCUT2D eigenvalue weighted by Crippen LogP contribution is -2.14. The van der Waals surface area contributed by atoms with Gasteiger partial charge in [0, 0.05) is 49.2 Å². The third kappa shape index (κ3) is 3.74. The highest BCUT2D eigenvalue weighted by atomic mass is 32.1. The topological polar surface area (TPSA) is 28.2 Å². The molecule has 2 aromatic heterocycles. The number of thiazole rings is 1. The van der Waals surface area contributed by atoms with Crippen molar-refractivity contribution in [1.82, 2.24) is 10.3 Å². The van der Waals surface area contributed by atoms with Crippen molar-refractivity contribution < 1.29 is 0 Å². The van der Waals surface area contributed by atoms with E-state index < -0.39 is 0 Å². The van der Waals surface area contributed by atoms with Crippen molar-refractivity contribution in [2.75, 3.05) is 19.0 Å². The Morgan fingerprint density at radius 2 is 2.05 bits per heavy atom. The zero-order valence-electron chi connectivity index (χ0n) is 12.7. The van der Waals surface area contributed by atoms with Crippen LogP contribution >= 0.6 is 22.7 Å². The van der Waals surface area contributed by atoms with Gasteiger partial charge in [-0.15, -0.1) is 11.3 Å². The number of rotatable bonds is 6. The number of hydrogen-bond acceptors (Lipinski definition) is 5. The molecule has 3 nitrogen and oxygen atoms in total. The van der Waals surface area contributed by atoms with E-state index in [1.807, 2.05) is 0 Å². The van der Waals surface area contributed by atoms with Gasteiger partial charge in [0.15, 0.2) is 0 Å². The molecule has 1 N–H and O–H groups in total. The van der Waals surface area contributed by atoms with Crippen molar-refractivity contribution in [3.05, 3.63) is 57.7 Å². The minimum atomic E-state index is 0.798. The molecule has 0 atom stereocenters. The Labute approximate surface area is 139 Å². The van der Waals surface area contributed by atoms with E-state index in [2.05, 4.69) is 75.8 Å². The maximum absolute atomic E-state index is 4.68. The number of aromatic nitrogens is 1. The molecule has 0 saturated heterocycles. The third-order valence-corrected chi connectivity index (χ3v) is 5.01. The monoisotopic (exact) mass is 329 g/mol. The molecule has 0 aliphatic heterocycles. The molecule has 1 aromatic carbocycles. The molecule has 3 aromatic rings. The smallest absolute Gasteiger partial charge is 0.124 e. The van der Waals surface area contributed by atoms with Crippen LogP contribution in [0, 0.1) is 0 Å². The highest BCUT2D eigenvalue weighted by Gasteiger charge is 2.05. The minimum Gasteiger partial charge on any atom is -0.378 e. The first-order chi connectivity index (χ1) is 10.7. The van der Waals surface area contributed by atoms with Gasteiger partial charge in [-0.25, -0.2) is 4.98 Å². The zero-order chi connectivity index (χ0) is 15.4. The van der Waals surface area contributed by atoms with E-state index in [1.54, 1.807) is 22.7 Å². The maximum atomic E-state index is 4.68. The summed E-state index contributed by atoms with van der Waals surface area (Å²) in [7, 11) is 4.13. The standard InChI is InChI=1S/C17H19N3S2/c1-20(2)16-5-3-4-13(8-16)9-18-10-15-12-22-17(19-15)14-6-7-21-11-14/h3-8,11-12,18H,9-10H2,1-2H3. The zero-order valence-corrected chi connectivity index (χ0v) is 14.4. The molecule has 22 heavy (non-hydrogen) atoms. The predicted molar refractivity (Wildman–Crippen MR) is 96.7 cm³/mol. The molecular weight excluding hydrogens is 310 g/mol. The maximum Gasteiger partial charge on any atom is 0.124 e. The fraction of sp³-hybridized carbons (Fsp3) is 0.235. The summed E-state index contributed by atoms with van der Waals surface area (Å²) in [6.07, 6.45) is 0. The summed E-state index contributed by atoms with van der Waals surface area (Å²) in [5.74, 6) is 0. The molecular formula is C17H19N3S2. The third-order valence-electron chi connectivity index (χ3n) is 3.38. The Kier molecular flexibility index (Phi) is 4.87. The predicted octanol–water partition coefficient (Wildman–Crippen LogP) is 4.23. The number of hydrogen-bond donors (Lipinski definition) is 1. The fourth-order valence-corrected chi connectivity index (χ4v) is 3.72. The Balaban J connectivity index is 1.56. The van der Waals surface area contributed by atoms with Gasteiger partial charge in [-0.1, -0.05) is 12.1 Å². The molecule has 0 spiro atoms. The van der Waals surface area contributed by atoms with E-state index in [0.717, 1.165) is 23.8 Å². The number of nitrogens with one attached hydrogen (secondary N) is 1. The number of anilines is 1. The van der Waals surface area contributed by atoms with E-state index in [1.165, 1.54) is 16.8 Å². The lowest BCUT2D eigenvalue weighted by molar-refractivity contribution is 0.683. The molecule has 114 valence electrons. The van der Waals surface area contributed by atoms with Gasteiger partial charge in [-0.3, -0.25) is 0 Å². The summed E-state index contributed by atoms with van der Waals surface area (Å²) in [5.41, 5.74) is 4.85. The molecule has 0 fully saturated rings. The second kappa shape index (κ2) is 7.05. The lowest BCUT2D eigenvalue weighted by Gasteiger charge is -2.13. The average molecular weight is 329 g/mol. The molecule has 0 radical (unpaired) electrons.